The summed E-state index contributed by atoms with van der Waals surface area (Å²) in [5.74, 6) is 0. The Labute approximate surface area is 302 Å². The van der Waals surface area contributed by atoms with Crippen LogP contribution in [-0.4, -0.2) is 0 Å². The van der Waals surface area contributed by atoms with E-state index in [1.807, 2.05) is 18.4 Å². The molecule has 3 heteroatoms. The molecule has 0 bridgehead atoms. The van der Waals surface area contributed by atoms with Gasteiger partial charge in [0.2, 0.25) is 0 Å². The summed E-state index contributed by atoms with van der Waals surface area (Å²) in [6.07, 6.45) is 1.86. The van der Waals surface area contributed by atoms with Crippen LogP contribution in [0.1, 0.15) is 0 Å². The lowest BCUT2D eigenvalue weighted by Crippen LogP contribution is -1.90. The lowest BCUT2D eigenvalue weighted by Gasteiger charge is -2.17. The smallest absolute Gasteiger partial charge is 0.147 e. The van der Waals surface area contributed by atoms with E-state index >= 15 is 0 Å². The lowest BCUT2D eigenvalue weighted by molar-refractivity contribution is 0.616. The van der Waals surface area contributed by atoms with Crippen LogP contribution < -0.4 is 0 Å². The second-order valence-corrected chi connectivity index (χ2v) is 14.0. The molecule has 246 valence electrons. The van der Waals surface area contributed by atoms with Crippen molar-refractivity contribution in [2.75, 3.05) is 0 Å². The molecule has 0 saturated heterocycles. The van der Waals surface area contributed by atoms with E-state index in [2.05, 4.69) is 152 Å². The minimum atomic E-state index is 0.813. The van der Waals surface area contributed by atoms with Crippen molar-refractivity contribution >= 4 is 87.2 Å². The number of fused-ring (bicyclic) bond motifs is 11. The maximum absolute atomic E-state index is 6.85. The van der Waals surface area contributed by atoms with E-state index in [9.17, 15) is 0 Å². The molecule has 0 saturated carbocycles. The molecule has 0 N–H and O–H groups in total. The van der Waals surface area contributed by atoms with Gasteiger partial charge >= 0.3 is 0 Å². The Bertz CT molecular complexity index is 3410. The molecular weight excluding hydrogens is 649 g/mol. The quantitative estimate of drug-likeness (QED) is 0.175. The molecule has 0 spiro atoms. The predicted molar refractivity (Wildman–Crippen MR) is 220 cm³/mol. The SMILES string of the molecule is c1ccc2cc(-c3coc4ccc5c6ccc(-c7c8ccccc8c(-c8ccc9c(c8)oc8ccccc89)c8ccccc78)cc6oc5c34)ccc2c1. The van der Waals surface area contributed by atoms with Crippen LogP contribution in [0.15, 0.2) is 183 Å². The van der Waals surface area contributed by atoms with E-state index in [1.165, 1.54) is 43.4 Å². The van der Waals surface area contributed by atoms with E-state index in [1.54, 1.807) is 0 Å². The van der Waals surface area contributed by atoms with Crippen molar-refractivity contribution in [1.82, 2.24) is 0 Å². The fraction of sp³-hybridized carbons (Fsp3) is 0. The molecule has 3 aromatic heterocycles. The summed E-state index contributed by atoms with van der Waals surface area (Å²) in [7, 11) is 0. The van der Waals surface area contributed by atoms with E-state index in [0.29, 0.717) is 0 Å². The summed E-state index contributed by atoms with van der Waals surface area (Å²) in [4.78, 5) is 0. The minimum absolute atomic E-state index is 0.813. The molecule has 0 aliphatic rings. The van der Waals surface area contributed by atoms with Gasteiger partial charge in [0, 0.05) is 27.1 Å². The van der Waals surface area contributed by atoms with Gasteiger partial charge in [0.1, 0.15) is 27.9 Å². The molecule has 12 aromatic rings. The predicted octanol–water partition coefficient (Wildman–Crippen LogP) is 14.7. The number of benzene rings is 9. The van der Waals surface area contributed by atoms with Crippen LogP contribution in [0.5, 0.6) is 0 Å². The largest absolute Gasteiger partial charge is 0.464 e. The van der Waals surface area contributed by atoms with Crippen LogP contribution in [0, 0.1) is 0 Å². The first-order chi connectivity index (χ1) is 26.3. The van der Waals surface area contributed by atoms with Crippen molar-refractivity contribution in [2.24, 2.45) is 0 Å². The van der Waals surface area contributed by atoms with E-state index < -0.39 is 0 Å². The first kappa shape index (κ1) is 28.6. The molecule has 0 unspecified atom stereocenters. The minimum Gasteiger partial charge on any atom is -0.464 e. The van der Waals surface area contributed by atoms with E-state index in [-0.39, 0.29) is 0 Å². The highest BCUT2D eigenvalue weighted by Gasteiger charge is 2.21. The Morgan fingerprint density at radius 1 is 0.321 bits per heavy atom. The second-order valence-electron chi connectivity index (χ2n) is 14.0. The number of furan rings is 3. The molecule has 9 aromatic carbocycles. The van der Waals surface area contributed by atoms with Crippen molar-refractivity contribution in [3.8, 4) is 33.4 Å². The van der Waals surface area contributed by atoms with Crippen LogP contribution >= 0.6 is 0 Å². The van der Waals surface area contributed by atoms with Crippen LogP contribution in [0.3, 0.4) is 0 Å². The fourth-order valence-corrected chi connectivity index (χ4v) is 8.71. The zero-order chi connectivity index (χ0) is 34.6. The zero-order valence-corrected chi connectivity index (χ0v) is 28.4. The van der Waals surface area contributed by atoms with E-state index in [4.69, 9.17) is 13.3 Å². The van der Waals surface area contributed by atoms with Crippen LogP contribution in [0.4, 0.5) is 0 Å². The Hall–Kier alpha value is -7.10. The summed E-state index contributed by atoms with van der Waals surface area (Å²) in [6.45, 7) is 0. The maximum Gasteiger partial charge on any atom is 0.147 e. The summed E-state index contributed by atoms with van der Waals surface area (Å²) in [6, 6.07) is 58.3. The van der Waals surface area contributed by atoms with Crippen molar-refractivity contribution in [1.29, 1.82) is 0 Å². The Morgan fingerprint density at radius 3 is 1.55 bits per heavy atom. The zero-order valence-electron chi connectivity index (χ0n) is 28.4. The van der Waals surface area contributed by atoms with Gasteiger partial charge in [-0.2, -0.15) is 0 Å². The number of hydrogen-bond acceptors (Lipinski definition) is 3. The first-order valence-electron chi connectivity index (χ1n) is 18.0. The topological polar surface area (TPSA) is 39.4 Å². The normalized spacial score (nSPS) is 12.2. The third kappa shape index (κ3) is 4.10. The molecule has 3 nitrogen and oxygen atoms in total. The van der Waals surface area contributed by atoms with Crippen molar-refractivity contribution in [3.05, 3.63) is 170 Å². The van der Waals surface area contributed by atoms with Crippen molar-refractivity contribution < 1.29 is 13.3 Å². The van der Waals surface area contributed by atoms with Gasteiger partial charge in [-0.15, -0.1) is 0 Å². The molecule has 0 amide bonds. The van der Waals surface area contributed by atoms with Gasteiger partial charge in [0.25, 0.3) is 0 Å². The maximum atomic E-state index is 6.85. The summed E-state index contributed by atoms with van der Waals surface area (Å²) in [5, 5.41) is 12.6. The molecule has 0 aliphatic carbocycles. The van der Waals surface area contributed by atoms with Crippen molar-refractivity contribution in [3.63, 3.8) is 0 Å². The molecular formula is C50H28O3. The van der Waals surface area contributed by atoms with Crippen LogP contribution in [0.2, 0.25) is 0 Å². The molecule has 3 heterocycles. The van der Waals surface area contributed by atoms with Gasteiger partial charge in [-0.3, -0.25) is 0 Å². The van der Waals surface area contributed by atoms with Crippen molar-refractivity contribution in [2.45, 2.75) is 0 Å². The average molecular weight is 677 g/mol. The molecule has 0 aliphatic heterocycles. The highest BCUT2D eigenvalue weighted by atomic mass is 16.3. The molecule has 53 heavy (non-hydrogen) atoms. The lowest BCUT2D eigenvalue weighted by atomic mass is 9.85. The van der Waals surface area contributed by atoms with Gasteiger partial charge in [-0.05, 0) is 109 Å². The first-order valence-corrected chi connectivity index (χ1v) is 18.0. The number of rotatable bonds is 3. The average Bonchev–Trinajstić information content (AvgIpc) is 3.92. The van der Waals surface area contributed by atoms with Crippen LogP contribution in [0.25, 0.3) is 121 Å². The number of hydrogen-bond donors (Lipinski definition) is 0. The molecule has 12 rings (SSSR count). The Balaban J connectivity index is 1.07. The fourth-order valence-electron chi connectivity index (χ4n) is 8.71. The molecule has 0 fully saturated rings. The Kier molecular flexibility index (Phi) is 5.77. The highest BCUT2D eigenvalue weighted by Crippen LogP contribution is 2.46. The van der Waals surface area contributed by atoms with E-state index in [0.717, 1.165) is 77.1 Å². The van der Waals surface area contributed by atoms with Gasteiger partial charge in [-0.1, -0.05) is 115 Å². The highest BCUT2D eigenvalue weighted by molar-refractivity contribution is 6.23. The Morgan fingerprint density at radius 2 is 0.849 bits per heavy atom. The third-order valence-corrected chi connectivity index (χ3v) is 11.1. The standard InChI is InChI=1S/C50H28O3/c1-2-10-30-25-31(18-17-29(30)9-1)42-28-51-44-24-23-41-36-22-20-33(27-46(36)53-50(41)49(42)44)48-39-14-5-3-12-37(39)47(38-13-4-6-15-40(38)48)32-19-21-35-34-11-7-8-16-43(34)52-45(35)26-32/h1-28H. The van der Waals surface area contributed by atoms with Gasteiger partial charge < -0.3 is 13.3 Å². The van der Waals surface area contributed by atoms with Gasteiger partial charge in [-0.25, -0.2) is 0 Å². The summed E-state index contributed by atoms with van der Waals surface area (Å²) >= 11 is 0. The second kappa shape index (κ2) is 10.7. The van der Waals surface area contributed by atoms with Crippen LogP contribution in [-0.2, 0) is 0 Å². The monoisotopic (exact) mass is 676 g/mol. The molecule has 0 atom stereocenters. The van der Waals surface area contributed by atoms with Gasteiger partial charge in [0.05, 0.1) is 11.6 Å². The summed E-state index contributed by atoms with van der Waals surface area (Å²) in [5.41, 5.74) is 11.1. The molecule has 0 radical (unpaired) electrons. The van der Waals surface area contributed by atoms with Gasteiger partial charge in [0.15, 0.2) is 0 Å². The summed E-state index contributed by atoms with van der Waals surface area (Å²) < 4.78 is 19.3. The number of para-hydroxylation sites is 1. The third-order valence-electron chi connectivity index (χ3n) is 11.1.